The van der Waals surface area contributed by atoms with E-state index in [2.05, 4.69) is 51.1 Å². The van der Waals surface area contributed by atoms with Crippen molar-refractivity contribution < 1.29 is 28.6 Å². The maximum absolute atomic E-state index is 13.1. The van der Waals surface area contributed by atoms with Gasteiger partial charge in [-0.05, 0) is 63.0 Å². The molecule has 6 nitrogen and oxygen atoms in total. The second-order valence-corrected chi connectivity index (χ2v) is 10.8. The van der Waals surface area contributed by atoms with Gasteiger partial charge in [0, 0.05) is 12.3 Å². The molecule has 0 saturated carbocycles. The molecule has 6 heteroatoms. The number of allylic oxidation sites excluding steroid dienone is 2. The van der Waals surface area contributed by atoms with E-state index in [1.54, 1.807) is 0 Å². The second kappa shape index (κ2) is 15.6. The van der Waals surface area contributed by atoms with Crippen molar-refractivity contribution in [1.29, 1.82) is 0 Å². The summed E-state index contributed by atoms with van der Waals surface area (Å²) >= 11 is 0. The van der Waals surface area contributed by atoms with Crippen LogP contribution in [-0.4, -0.2) is 42.6 Å². The molecule has 2 saturated heterocycles. The lowest BCUT2D eigenvalue weighted by Gasteiger charge is -2.37. The van der Waals surface area contributed by atoms with Gasteiger partial charge in [0.15, 0.2) is 0 Å². The Labute approximate surface area is 227 Å². The van der Waals surface area contributed by atoms with Gasteiger partial charge in [0.05, 0.1) is 30.8 Å². The summed E-state index contributed by atoms with van der Waals surface area (Å²) in [7, 11) is 0. The van der Waals surface area contributed by atoms with Crippen LogP contribution in [0.2, 0.25) is 0 Å². The maximum Gasteiger partial charge on any atom is 0.373 e. The molecule has 0 aromatic heterocycles. The van der Waals surface area contributed by atoms with Crippen molar-refractivity contribution in [2.45, 2.75) is 103 Å². The van der Waals surface area contributed by atoms with Gasteiger partial charge in [-0.15, -0.1) is 0 Å². The van der Waals surface area contributed by atoms with Crippen molar-refractivity contribution in [2.75, 3.05) is 0 Å². The number of fused-ring (bicyclic) bond motifs is 4. The average Bonchev–Trinajstić information content (AvgIpc) is 2.90. The predicted octanol–water partition coefficient (Wildman–Crippen LogP) is 6.47. The number of hydrogen-bond donors (Lipinski definition) is 0. The van der Waals surface area contributed by atoms with Crippen LogP contribution in [0.1, 0.15) is 77.7 Å². The lowest BCUT2D eigenvalue weighted by atomic mass is 9.90. The van der Waals surface area contributed by atoms with Gasteiger partial charge in [0.2, 0.25) is 0 Å². The van der Waals surface area contributed by atoms with E-state index < -0.39 is 0 Å². The third-order valence-corrected chi connectivity index (χ3v) is 7.57. The van der Waals surface area contributed by atoms with Crippen molar-refractivity contribution >= 4 is 18.2 Å². The van der Waals surface area contributed by atoms with Gasteiger partial charge in [-0.2, -0.15) is 9.59 Å². The molecule has 3 heterocycles. The summed E-state index contributed by atoms with van der Waals surface area (Å²) in [6, 6.07) is 10.2. The van der Waals surface area contributed by atoms with Gasteiger partial charge in [-0.3, -0.25) is 4.79 Å². The highest BCUT2D eigenvalue weighted by Crippen LogP contribution is 2.33. The monoisotopic (exact) mass is 522 g/mol. The molecule has 38 heavy (non-hydrogen) atoms. The Morgan fingerprint density at radius 3 is 2.24 bits per heavy atom. The van der Waals surface area contributed by atoms with E-state index in [0.717, 1.165) is 44.1 Å². The Morgan fingerprint density at radius 2 is 1.53 bits per heavy atom. The molecule has 0 N–H and O–H groups in total. The van der Waals surface area contributed by atoms with Crippen molar-refractivity contribution in [2.24, 2.45) is 11.8 Å². The maximum atomic E-state index is 13.1. The molecule has 1 aromatic carbocycles. The minimum Gasteiger partial charge on any atom is -0.457 e. The third kappa shape index (κ3) is 9.83. The molecule has 4 bridgehead atoms. The highest BCUT2D eigenvalue weighted by Gasteiger charge is 2.32. The van der Waals surface area contributed by atoms with Crippen molar-refractivity contribution in [1.82, 2.24) is 0 Å². The highest BCUT2D eigenvalue weighted by atomic mass is 16.5. The number of cyclic esters (lactones) is 1. The summed E-state index contributed by atoms with van der Waals surface area (Å²) in [5, 5.41) is 0. The average molecular weight is 523 g/mol. The van der Waals surface area contributed by atoms with Crippen molar-refractivity contribution in [3.8, 4) is 0 Å². The van der Waals surface area contributed by atoms with Gasteiger partial charge < -0.3 is 14.2 Å². The van der Waals surface area contributed by atoms with E-state index in [0.29, 0.717) is 12.0 Å². The number of carbonyl (C=O) groups excluding carboxylic acids is 3. The Balaban J connectivity index is 0.00000127. The summed E-state index contributed by atoms with van der Waals surface area (Å²) < 4.78 is 19.0. The minimum absolute atomic E-state index is 0.0698. The van der Waals surface area contributed by atoms with Gasteiger partial charge in [0.1, 0.15) is 6.10 Å². The second-order valence-electron chi connectivity index (χ2n) is 10.8. The molecule has 4 rings (SSSR count). The zero-order valence-corrected chi connectivity index (χ0v) is 22.9. The topological polar surface area (TPSA) is 78.9 Å². The molecular formula is C32H42O6. The van der Waals surface area contributed by atoms with Crippen LogP contribution < -0.4 is 0 Å². The lowest BCUT2D eigenvalue weighted by molar-refractivity contribution is -0.191. The number of rotatable bonds is 2. The Kier molecular flexibility index (Phi) is 12.2. The molecule has 0 spiro atoms. The van der Waals surface area contributed by atoms with Gasteiger partial charge in [-0.25, -0.2) is 0 Å². The number of esters is 1. The van der Waals surface area contributed by atoms with E-state index in [1.165, 1.54) is 12.0 Å². The first kappa shape index (κ1) is 29.8. The third-order valence-electron chi connectivity index (χ3n) is 7.57. The van der Waals surface area contributed by atoms with Crippen molar-refractivity contribution in [3.05, 3.63) is 65.8 Å². The normalized spacial score (nSPS) is 34.4. The predicted molar refractivity (Wildman–Crippen MR) is 146 cm³/mol. The molecule has 3 aliphatic rings. The Hall–Kier alpha value is -2.79. The summed E-state index contributed by atoms with van der Waals surface area (Å²) in [5.41, 5.74) is 2.47. The number of hydrogen-bond acceptors (Lipinski definition) is 6. The van der Waals surface area contributed by atoms with Crippen molar-refractivity contribution in [3.63, 3.8) is 0 Å². The number of ether oxygens (including phenoxy) is 3. The van der Waals surface area contributed by atoms with Crippen LogP contribution in [0.3, 0.4) is 0 Å². The molecule has 7 atom stereocenters. The largest absolute Gasteiger partial charge is 0.457 e. The smallest absolute Gasteiger partial charge is 0.373 e. The summed E-state index contributed by atoms with van der Waals surface area (Å²) in [6.45, 7) is 6.47. The first-order valence-electron chi connectivity index (χ1n) is 13.9. The van der Waals surface area contributed by atoms with Crippen LogP contribution in [0, 0.1) is 11.8 Å². The molecule has 3 aliphatic heterocycles. The van der Waals surface area contributed by atoms with E-state index in [-0.39, 0.29) is 48.9 Å². The molecule has 0 radical (unpaired) electrons. The molecule has 1 aromatic rings. The fourth-order valence-corrected chi connectivity index (χ4v) is 5.60. The van der Waals surface area contributed by atoms with Crippen LogP contribution in [-0.2, 0) is 28.6 Å². The van der Waals surface area contributed by atoms with Crippen LogP contribution in [0.15, 0.2) is 60.2 Å². The van der Waals surface area contributed by atoms with Crippen LogP contribution in [0.25, 0.3) is 6.08 Å². The zero-order chi connectivity index (χ0) is 27.3. The SMILES string of the molecule is C/C=C1\CC2CC(=O)OC(/C=C/c3ccccc3)[C@@H](C)/C=C/[C@H](C)C[C@H]3CCCC(C[C@@H](C1)O2)O3.O=C=O. The number of benzene rings is 1. The molecule has 206 valence electrons. The molecule has 3 unspecified atom stereocenters. The molecule has 0 amide bonds. The summed E-state index contributed by atoms with van der Waals surface area (Å²) in [6.07, 6.45) is 18.6. The Bertz CT molecular complexity index is 990. The highest BCUT2D eigenvalue weighted by molar-refractivity contribution is 5.70. The lowest BCUT2D eigenvalue weighted by Crippen LogP contribution is -2.37. The van der Waals surface area contributed by atoms with E-state index >= 15 is 0 Å². The molecule has 2 fully saturated rings. The van der Waals surface area contributed by atoms with E-state index in [1.807, 2.05) is 30.4 Å². The fourth-order valence-electron chi connectivity index (χ4n) is 5.60. The van der Waals surface area contributed by atoms with E-state index in [9.17, 15) is 4.79 Å². The summed E-state index contributed by atoms with van der Waals surface area (Å²) in [5.74, 6) is 0.289. The summed E-state index contributed by atoms with van der Waals surface area (Å²) in [4.78, 5) is 29.3. The fraction of sp³-hybridized carbons (Fsp3) is 0.562. The van der Waals surface area contributed by atoms with Gasteiger partial charge in [-0.1, -0.05) is 74.1 Å². The molecular weight excluding hydrogens is 480 g/mol. The molecule has 0 aliphatic carbocycles. The minimum atomic E-state index is -0.324. The Morgan fingerprint density at radius 1 is 0.868 bits per heavy atom. The van der Waals surface area contributed by atoms with Crippen LogP contribution in [0.5, 0.6) is 0 Å². The van der Waals surface area contributed by atoms with E-state index in [4.69, 9.17) is 23.8 Å². The van der Waals surface area contributed by atoms with Crippen LogP contribution >= 0.6 is 0 Å². The standard InChI is InChI=1S/C31H42O4.CO2/c1-4-24-18-28-20-27-12-8-11-26(33-27)17-22(2)13-14-23(3)30(16-15-25-9-6-5-7-10-25)35-31(32)21-29(19-24)34-28;2-1-3/h4-7,9-10,13-16,22-23,26-30H,8,11-12,17-21H2,1-3H3;/b14-13+,16-15+,24-4-;/t22-,23-,26+,27?,28+,29?,30?;/m0./s1. The quantitative estimate of drug-likeness (QED) is 0.327. The van der Waals surface area contributed by atoms with Gasteiger partial charge >= 0.3 is 12.1 Å². The first-order chi connectivity index (χ1) is 18.4. The van der Waals surface area contributed by atoms with Crippen LogP contribution in [0.4, 0.5) is 0 Å². The first-order valence-corrected chi connectivity index (χ1v) is 13.9. The van der Waals surface area contributed by atoms with Gasteiger partial charge in [0.25, 0.3) is 0 Å². The zero-order valence-electron chi connectivity index (χ0n) is 22.9. The number of carbonyl (C=O) groups is 1.